The van der Waals surface area contributed by atoms with Crippen LogP contribution in [0.4, 0.5) is 11.4 Å². The van der Waals surface area contributed by atoms with Gasteiger partial charge in [-0.3, -0.25) is 4.79 Å². The molecule has 2 aromatic rings. The van der Waals surface area contributed by atoms with Crippen LogP contribution in [0.3, 0.4) is 0 Å². The van der Waals surface area contributed by atoms with Gasteiger partial charge in [-0.05, 0) is 24.3 Å². The Morgan fingerprint density at radius 2 is 1.91 bits per heavy atom. The summed E-state index contributed by atoms with van der Waals surface area (Å²) in [5, 5.41) is 32.7. The topological polar surface area (TPSA) is 109 Å². The molecule has 0 aliphatic rings. The van der Waals surface area contributed by atoms with Crippen LogP contribution in [0.1, 0.15) is 5.56 Å². The Morgan fingerprint density at radius 1 is 1.13 bits per heavy atom. The number of hydrogen-bond donors (Lipinski definition) is 3. The second kappa shape index (κ2) is 7.30. The van der Waals surface area contributed by atoms with Crippen LogP contribution in [-0.4, -0.2) is 11.0 Å². The summed E-state index contributed by atoms with van der Waals surface area (Å²) in [6.45, 7) is 0. The van der Waals surface area contributed by atoms with E-state index in [4.69, 9.17) is 10.5 Å². The van der Waals surface area contributed by atoms with Crippen LogP contribution in [0.5, 0.6) is 5.75 Å². The number of rotatable bonds is 4. The standard InChI is InChI=1S/C17H12N4O2/c18-9-12-4-1-2-7-16(12)21-17(23)13(10-19)11-20-14-5-3-6-15(22)8-14/h1-8,11,20,22H,(H,21,23)/b13-11-. The van der Waals surface area contributed by atoms with E-state index in [2.05, 4.69) is 10.6 Å². The number of amides is 1. The third-order valence-electron chi connectivity index (χ3n) is 2.89. The molecule has 0 spiro atoms. The molecule has 0 saturated carbocycles. The van der Waals surface area contributed by atoms with Gasteiger partial charge in [-0.15, -0.1) is 0 Å². The summed E-state index contributed by atoms with van der Waals surface area (Å²) in [6, 6.07) is 16.5. The number of carbonyl (C=O) groups excluding carboxylic acids is 1. The summed E-state index contributed by atoms with van der Waals surface area (Å²) in [5.74, 6) is -0.572. The minimum atomic E-state index is -0.636. The van der Waals surface area contributed by atoms with E-state index >= 15 is 0 Å². The third kappa shape index (κ3) is 4.10. The molecule has 0 atom stereocenters. The van der Waals surface area contributed by atoms with Crippen molar-refractivity contribution in [2.75, 3.05) is 10.6 Å². The van der Waals surface area contributed by atoms with E-state index in [9.17, 15) is 9.90 Å². The number of aromatic hydroxyl groups is 1. The Morgan fingerprint density at radius 3 is 2.61 bits per heavy atom. The monoisotopic (exact) mass is 304 g/mol. The molecule has 0 unspecified atom stereocenters. The zero-order chi connectivity index (χ0) is 16.7. The van der Waals surface area contributed by atoms with Crippen molar-refractivity contribution in [3.05, 3.63) is 65.9 Å². The number of hydrogen-bond acceptors (Lipinski definition) is 5. The van der Waals surface area contributed by atoms with Crippen LogP contribution in [0.2, 0.25) is 0 Å². The number of phenolic OH excluding ortho intramolecular Hbond substituents is 1. The Kier molecular flexibility index (Phi) is 4.96. The van der Waals surface area contributed by atoms with Crippen molar-refractivity contribution in [2.24, 2.45) is 0 Å². The second-order valence-corrected chi connectivity index (χ2v) is 4.48. The molecule has 1 amide bonds. The van der Waals surface area contributed by atoms with Gasteiger partial charge >= 0.3 is 0 Å². The molecule has 0 bridgehead atoms. The zero-order valence-corrected chi connectivity index (χ0v) is 11.9. The second-order valence-electron chi connectivity index (χ2n) is 4.48. The fourth-order valence-corrected chi connectivity index (χ4v) is 1.78. The Hall–Kier alpha value is -3.77. The highest BCUT2D eigenvalue weighted by Gasteiger charge is 2.11. The number of benzene rings is 2. The van der Waals surface area contributed by atoms with Crippen molar-refractivity contribution in [1.29, 1.82) is 10.5 Å². The van der Waals surface area contributed by atoms with E-state index in [1.54, 1.807) is 42.5 Å². The summed E-state index contributed by atoms with van der Waals surface area (Å²) < 4.78 is 0. The molecule has 2 aromatic carbocycles. The van der Waals surface area contributed by atoms with Crippen molar-refractivity contribution < 1.29 is 9.90 Å². The van der Waals surface area contributed by atoms with Crippen molar-refractivity contribution in [2.45, 2.75) is 0 Å². The highest BCUT2D eigenvalue weighted by molar-refractivity contribution is 6.07. The molecule has 0 saturated heterocycles. The predicted octanol–water partition coefficient (Wildman–Crippen LogP) is 2.72. The number of carbonyl (C=O) groups is 1. The highest BCUT2D eigenvalue weighted by atomic mass is 16.3. The Bertz CT molecular complexity index is 844. The smallest absolute Gasteiger partial charge is 0.267 e. The number of nitriles is 2. The van der Waals surface area contributed by atoms with E-state index in [1.165, 1.54) is 18.3 Å². The number of nitrogens with one attached hydrogen (secondary N) is 2. The van der Waals surface area contributed by atoms with Crippen molar-refractivity contribution >= 4 is 17.3 Å². The van der Waals surface area contributed by atoms with Gasteiger partial charge in [0.1, 0.15) is 23.5 Å². The molecule has 2 rings (SSSR count). The van der Waals surface area contributed by atoms with Gasteiger partial charge in [0.25, 0.3) is 5.91 Å². The summed E-state index contributed by atoms with van der Waals surface area (Å²) in [7, 11) is 0. The molecule has 0 heterocycles. The quantitative estimate of drug-likeness (QED) is 0.594. The van der Waals surface area contributed by atoms with Crippen molar-refractivity contribution in [3.63, 3.8) is 0 Å². The maximum atomic E-state index is 12.1. The normalized spacial score (nSPS) is 10.3. The summed E-state index contributed by atoms with van der Waals surface area (Å²) in [4.78, 5) is 12.1. The van der Waals surface area contributed by atoms with Gasteiger partial charge in [-0.25, -0.2) is 0 Å². The predicted molar refractivity (Wildman–Crippen MR) is 85.2 cm³/mol. The zero-order valence-electron chi connectivity index (χ0n) is 11.9. The Balaban J connectivity index is 2.14. The van der Waals surface area contributed by atoms with E-state index < -0.39 is 5.91 Å². The number of nitrogens with zero attached hydrogens (tertiary/aromatic N) is 2. The van der Waals surface area contributed by atoms with E-state index in [0.29, 0.717) is 16.9 Å². The first kappa shape index (κ1) is 15.6. The fourth-order valence-electron chi connectivity index (χ4n) is 1.78. The van der Waals surface area contributed by atoms with E-state index in [-0.39, 0.29) is 11.3 Å². The van der Waals surface area contributed by atoms with Crippen LogP contribution in [0.15, 0.2) is 60.3 Å². The third-order valence-corrected chi connectivity index (χ3v) is 2.89. The van der Waals surface area contributed by atoms with E-state index in [0.717, 1.165) is 0 Å². The molecule has 112 valence electrons. The van der Waals surface area contributed by atoms with Gasteiger partial charge < -0.3 is 15.7 Å². The van der Waals surface area contributed by atoms with Crippen LogP contribution >= 0.6 is 0 Å². The lowest BCUT2D eigenvalue weighted by molar-refractivity contribution is -0.112. The average Bonchev–Trinajstić information content (AvgIpc) is 2.56. The van der Waals surface area contributed by atoms with Crippen molar-refractivity contribution in [1.82, 2.24) is 0 Å². The van der Waals surface area contributed by atoms with Gasteiger partial charge in [-0.2, -0.15) is 10.5 Å². The van der Waals surface area contributed by atoms with Gasteiger partial charge in [0, 0.05) is 18.0 Å². The SMILES string of the molecule is N#C/C(=C/Nc1cccc(O)c1)C(=O)Nc1ccccc1C#N. The van der Waals surface area contributed by atoms with E-state index in [1.807, 2.05) is 6.07 Å². The number of anilines is 2. The van der Waals surface area contributed by atoms with Crippen LogP contribution in [-0.2, 0) is 4.79 Å². The van der Waals surface area contributed by atoms with Crippen LogP contribution < -0.4 is 10.6 Å². The lowest BCUT2D eigenvalue weighted by atomic mass is 10.2. The molecule has 0 aliphatic heterocycles. The first-order chi connectivity index (χ1) is 11.1. The average molecular weight is 304 g/mol. The molecule has 0 aliphatic carbocycles. The highest BCUT2D eigenvalue weighted by Crippen LogP contribution is 2.17. The molecule has 6 nitrogen and oxygen atoms in total. The first-order valence-electron chi connectivity index (χ1n) is 6.60. The van der Waals surface area contributed by atoms with Gasteiger partial charge in [-0.1, -0.05) is 18.2 Å². The summed E-state index contributed by atoms with van der Waals surface area (Å²) in [6.07, 6.45) is 1.24. The summed E-state index contributed by atoms with van der Waals surface area (Å²) in [5.41, 5.74) is 1.00. The lowest BCUT2D eigenvalue weighted by Crippen LogP contribution is -2.15. The molecule has 0 radical (unpaired) electrons. The molecule has 0 fully saturated rings. The largest absolute Gasteiger partial charge is 0.508 e. The molecule has 0 aromatic heterocycles. The van der Waals surface area contributed by atoms with Gasteiger partial charge in [0.15, 0.2) is 0 Å². The van der Waals surface area contributed by atoms with Crippen molar-refractivity contribution in [3.8, 4) is 17.9 Å². The summed E-state index contributed by atoms with van der Waals surface area (Å²) >= 11 is 0. The molecular formula is C17H12N4O2. The molecule has 23 heavy (non-hydrogen) atoms. The van der Waals surface area contributed by atoms with Gasteiger partial charge in [0.05, 0.1) is 11.3 Å². The molecule has 6 heteroatoms. The first-order valence-corrected chi connectivity index (χ1v) is 6.60. The van der Waals surface area contributed by atoms with Crippen LogP contribution in [0, 0.1) is 22.7 Å². The maximum absolute atomic E-state index is 12.1. The van der Waals surface area contributed by atoms with Crippen LogP contribution in [0.25, 0.3) is 0 Å². The maximum Gasteiger partial charge on any atom is 0.267 e. The minimum absolute atomic E-state index is 0.0642. The number of phenols is 1. The number of para-hydroxylation sites is 1. The Labute approximate surface area is 132 Å². The molecular weight excluding hydrogens is 292 g/mol. The van der Waals surface area contributed by atoms with Gasteiger partial charge in [0.2, 0.25) is 0 Å². The fraction of sp³-hybridized carbons (Fsp3) is 0. The lowest BCUT2D eigenvalue weighted by Gasteiger charge is -2.06. The minimum Gasteiger partial charge on any atom is -0.508 e. The molecule has 3 N–H and O–H groups in total.